The van der Waals surface area contributed by atoms with Crippen LogP contribution in [-0.4, -0.2) is 22.4 Å². The summed E-state index contributed by atoms with van der Waals surface area (Å²) in [5, 5.41) is 7.74. The molecule has 0 aliphatic heterocycles. The van der Waals surface area contributed by atoms with Crippen LogP contribution in [0.1, 0.15) is 23.0 Å². The molecule has 0 spiro atoms. The zero-order chi connectivity index (χ0) is 14.5. The monoisotopic (exact) mass is 312 g/mol. The first-order valence-electron chi connectivity index (χ1n) is 5.94. The molecule has 0 aliphatic rings. The highest BCUT2D eigenvalue weighted by Crippen LogP contribution is 2.19. The lowest BCUT2D eigenvalue weighted by Gasteiger charge is -2.07. The third-order valence-electron chi connectivity index (χ3n) is 2.46. The summed E-state index contributed by atoms with van der Waals surface area (Å²) in [5.74, 6) is 0.252. The number of amides is 1. The van der Waals surface area contributed by atoms with Crippen molar-refractivity contribution in [1.29, 1.82) is 0 Å². The van der Waals surface area contributed by atoms with E-state index in [2.05, 4.69) is 20.6 Å². The SMILES string of the molecule is CCNc1ncc(C(=O)NCc2csc(=O)[nH]2)cc1Cl. The van der Waals surface area contributed by atoms with Crippen LogP contribution in [0.15, 0.2) is 22.4 Å². The molecule has 2 aromatic heterocycles. The molecule has 20 heavy (non-hydrogen) atoms. The van der Waals surface area contributed by atoms with Gasteiger partial charge in [0.2, 0.25) is 0 Å². The Balaban J connectivity index is 2.02. The van der Waals surface area contributed by atoms with E-state index in [-0.39, 0.29) is 17.3 Å². The maximum atomic E-state index is 11.9. The van der Waals surface area contributed by atoms with Gasteiger partial charge in [0, 0.05) is 23.8 Å². The lowest BCUT2D eigenvalue weighted by Crippen LogP contribution is -2.23. The number of halogens is 1. The lowest BCUT2D eigenvalue weighted by molar-refractivity contribution is 0.0950. The number of aromatic nitrogens is 2. The van der Waals surface area contributed by atoms with Crippen molar-refractivity contribution >= 4 is 34.7 Å². The molecule has 0 bridgehead atoms. The number of thiazole rings is 1. The Kier molecular flexibility index (Phi) is 4.75. The van der Waals surface area contributed by atoms with Crippen molar-refractivity contribution in [1.82, 2.24) is 15.3 Å². The number of nitrogens with zero attached hydrogens (tertiary/aromatic N) is 1. The Morgan fingerprint density at radius 1 is 1.55 bits per heavy atom. The summed E-state index contributed by atoms with van der Waals surface area (Å²) in [6.07, 6.45) is 1.45. The molecule has 0 unspecified atom stereocenters. The molecule has 2 rings (SSSR count). The molecule has 1 amide bonds. The highest BCUT2D eigenvalue weighted by Gasteiger charge is 2.10. The van der Waals surface area contributed by atoms with Gasteiger partial charge in [-0.25, -0.2) is 4.98 Å². The van der Waals surface area contributed by atoms with Crippen LogP contribution in [0.2, 0.25) is 5.02 Å². The van der Waals surface area contributed by atoms with Gasteiger partial charge in [-0.1, -0.05) is 22.9 Å². The van der Waals surface area contributed by atoms with Crippen molar-refractivity contribution < 1.29 is 4.79 Å². The van der Waals surface area contributed by atoms with Gasteiger partial charge in [0.15, 0.2) is 0 Å². The molecule has 0 aliphatic carbocycles. The quantitative estimate of drug-likeness (QED) is 0.786. The summed E-state index contributed by atoms with van der Waals surface area (Å²) < 4.78 is 0. The molecule has 3 N–H and O–H groups in total. The smallest absolute Gasteiger partial charge is 0.304 e. The molecule has 6 nitrogen and oxygen atoms in total. The van der Waals surface area contributed by atoms with Gasteiger partial charge in [-0.3, -0.25) is 9.59 Å². The van der Waals surface area contributed by atoms with E-state index in [1.165, 1.54) is 6.20 Å². The van der Waals surface area contributed by atoms with Gasteiger partial charge in [-0.15, -0.1) is 0 Å². The first-order chi connectivity index (χ1) is 9.60. The summed E-state index contributed by atoms with van der Waals surface area (Å²) in [6, 6.07) is 1.55. The van der Waals surface area contributed by atoms with Crippen LogP contribution in [0, 0.1) is 0 Å². The number of pyridine rings is 1. The summed E-state index contributed by atoms with van der Waals surface area (Å²) in [5.41, 5.74) is 1.03. The van der Waals surface area contributed by atoms with Crippen molar-refractivity contribution in [3.63, 3.8) is 0 Å². The standard InChI is InChI=1S/C12H13ClN4O2S/c1-2-14-10-9(13)3-7(4-15-10)11(18)16-5-8-6-20-12(19)17-8/h3-4,6H,2,5H2,1H3,(H,14,15)(H,16,18)(H,17,19). The average Bonchev–Trinajstić information content (AvgIpc) is 2.84. The zero-order valence-corrected chi connectivity index (χ0v) is 12.3. The summed E-state index contributed by atoms with van der Waals surface area (Å²) in [4.78, 5) is 29.5. The molecule has 8 heteroatoms. The number of aromatic amines is 1. The molecule has 0 saturated carbocycles. The van der Waals surface area contributed by atoms with E-state index in [4.69, 9.17) is 11.6 Å². The van der Waals surface area contributed by atoms with Crippen molar-refractivity contribution in [2.45, 2.75) is 13.5 Å². The second-order valence-corrected chi connectivity index (χ2v) is 5.19. The number of hydrogen-bond donors (Lipinski definition) is 3. The van der Waals surface area contributed by atoms with E-state index in [0.717, 1.165) is 11.3 Å². The fourth-order valence-corrected chi connectivity index (χ4v) is 2.35. The van der Waals surface area contributed by atoms with Crippen LogP contribution >= 0.6 is 22.9 Å². The molecule has 106 valence electrons. The number of carbonyl (C=O) groups excluding carboxylic acids is 1. The van der Waals surface area contributed by atoms with E-state index in [0.29, 0.717) is 28.6 Å². The average molecular weight is 313 g/mol. The van der Waals surface area contributed by atoms with Crippen LogP contribution < -0.4 is 15.5 Å². The summed E-state index contributed by atoms with van der Waals surface area (Å²) >= 11 is 7.08. The Bertz CT molecular complexity index is 667. The van der Waals surface area contributed by atoms with Gasteiger partial charge in [-0.05, 0) is 13.0 Å². The molecular weight excluding hydrogens is 300 g/mol. The van der Waals surface area contributed by atoms with Crippen molar-refractivity contribution in [2.75, 3.05) is 11.9 Å². The van der Waals surface area contributed by atoms with Crippen molar-refractivity contribution in [3.05, 3.63) is 43.6 Å². The normalized spacial score (nSPS) is 10.3. The first kappa shape index (κ1) is 14.5. The highest BCUT2D eigenvalue weighted by molar-refractivity contribution is 7.07. The molecule has 0 radical (unpaired) electrons. The van der Waals surface area contributed by atoms with E-state index in [1.807, 2.05) is 6.92 Å². The maximum absolute atomic E-state index is 11.9. The Morgan fingerprint density at radius 2 is 2.35 bits per heavy atom. The van der Waals surface area contributed by atoms with Gasteiger partial charge in [0.05, 0.1) is 17.1 Å². The minimum absolute atomic E-state index is 0.144. The van der Waals surface area contributed by atoms with Gasteiger partial charge < -0.3 is 15.6 Å². The molecule has 0 aromatic carbocycles. The largest absolute Gasteiger partial charge is 0.369 e. The predicted molar refractivity (Wildman–Crippen MR) is 79.5 cm³/mol. The van der Waals surface area contributed by atoms with E-state index in [1.54, 1.807) is 11.4 Å². The summed E-state index contributed by atoms with van der Waals surface area (Å²) in [7, 11) is 0. The molecule has 0 atom stereocenters. The molecule has 2 heterocycles. The van der Waals surface area contributed by atoms with E-state index in [9.17, 15) is 9.59 Å². The minimum Gasteiger partial charge on any atom is -0.369 e. The molecular formula is C12H13ClN4O2S. The number of anilines is 1. The van der Waals surface area contributed by atoms with E-state index >= 15 is 0 Å². The lowest BCUT2D eigenvalue weighted by atomic mass is 10.2. The first-order valence-corrected chi connectivity index (χ1v) is 7.20. The van der Waals surface area contributed by atoms with Crippen LogP contribution in [0.3, 0.4) is 0 Å². The van der Waals surface area contributed by atoms with Crippen molar-refractivity contribution in [2.24, 2.45) is 0 Å². The minimum atomic E-state index is -0.297. The number of H-pyrrole nitrogens is 1. The Hall–Kier alpha value is -1.86. The van der Waals surface area contributed by atoms with Crippen LogP contribution in [0.4, 0.5) is 5.82 Å². The zero-order valence-electron chi connectivity index (χ0n) is 10.7. The maximum Gasteiger partial charge on any atom is 0.304 e. The molecule has 2 aromatic rings. The van der Waals surface area contributed by atoms with Crippen LogP contribution in [-0.2, 0) is 6.54 Å². The topological polar surface area (TPSA) is 86.9 Å². The fourth-order valence-electron chi connectivity index (χ4n) is 1.54. The van der Waals surface area contributed by atoms with Crippen LogP contribution in [0.25, 0.3) is 0 Å². The highest BCUT2D eigenvalue weighted by atomic mass is 35.5. The second-order valence-electron chi connectivity index (χ2n) is 3.94. The number of carbonyl (C=O) groups is 1. The van der Waals surface area contributed by atoms with Gasteiger partial charge in [0.1, 0.15) is 5.82 Å². The van der Waals surface area contributed by atoms with Crippen molar-refractivity contribution in [3.8, 4) is 0 Å². The molecule has 0 saturated heterocycles. The second kappa shape index (κ2) is 6.53. The Labute approximate surface area is 124 Å². The van der Waals surface area contributed by atoms with E-state index < -0.39 is 0 Å². The van der Waals surface area contributed by atoms with Gasteiger partial charge >= 0.3 is 4.87 Å². The van der Waals surface area contributed by atoms with Gasteiger partial charge in [0.25, 0.3) is 5.91 Å². The third-order valence-corrected chi connectivity index (χ3v) is 3.46. The Morgan fingerprint density at radius 3 is 2.95 bits per heavy atom. The third kappa shape index (κ3) is 3.58. The number of hydrogen-bond acceptors (Lipinski definition) is 5. The predicted octanol–water partition coefficient (Wildman–Crippen LogP) is 1.85. The number of nitrogens with one attached hydrogen (secondary N) is 3. The molecule has 0 fully saturated rings. The van der Waals surface area contributed by atoms with Crippen LogP contribution in [0.5, 0.6) is 0 Å². The van der Waals surface area contributed by atoms with Gasteiger partial charge in [-0.2, -0.15) is 0 Å². The fraction of sp³-hybridized carbons (Fsp3) is 0.250. The summed E-state index contributed by atoms with van der Waals surface area (Å²) in [6.45, 7) is 2.88. The number of rotatable bonds is 5.